The van der Waals surface area contributed by atoms with Crippen LogP contribution < -0.4 is 0 Å². The first-order valence-corrected chi connectivity index (χ1v) is 7.87. The van der Waals surface area contributed by atoms with Gasteiger partial charge in [-0.2, -0.15) is 0 Å². The molecule has 0 bridgehead atoms. The van der Waals surface area contributed by atoms with Crippen LogP contribution in [-0.4, -0.2) is 43.4 Å². The number of carbonyl (C=O) groups is 1. The van der Waals surface area contributed by atoms with E-state index in [1.807, 2.05) is 18.1 Å². The van der Waals surface area contributed by atoms with Gasteiger partial charge in [0.15, 0.2) is 0 Å². The van der Waals surface area contributed by atoms with E-state index >= 15 is 0 Å². The largest absolute Gasteiger partial charge is 0.453 e. The van der Waals surface area contributed by atoms with Crippen molar-refractivity contribution in [3.63, 3.8) is 0 Å². The highest BCUT2D eigenvalue weighted by molar-refractivity contribution is 5.70. The van der Waals surface area contributed by atoms with Gasteiger partial charge in [-0.3, -0.25) is 0 Å². The smallest absolute Gasteiger partial charge is 0.409 e. The first-order chi connectivity index (χ1) is 10.2. The molecule has 1 spiro atoms. The third-order valence-electron chi connectivity index (χ3n) is 6.61. The van der Waals surface area contributed by atoms with Crippen molar-refractivity contribution in [3.05, 3.63) is 24.8 Å². The lowest BCUT2D eigenvalue weighted by molar-refractivity contribution is 0.0164. The molecule has 0 N–H and O–H groups in total. The second-order valence-electron chi connectivity index (χ2n) is 6.84. The summed E-state index contributed by atoms with van der Waals surface area (Å²) in [6.45, 7) is 4.65. The molecule has 1 aliphatic heterocycles. The molecule has 1 unspecified atom stereocenters. The normalized spacial score (nSPS) is 48.2. The summed E-state index contributed by atoms with van der Waals surface area (Å²) in [4.78, 5) is 14.2. The molecule has 114 valence electrons. The molecule has 0 radical (unpaired) electrons. The van der Waals surface area contributed by atoms with Gasteiger partial charge < -0.3 is 14.4 Å². The Morgan fingerprint density at radius 1 is 1.48 bits per heavy atom. The van der Waals surface area contributed by atoms with E-state index in [4.69, 9.17) is 9.47 Å². The van der Waals surface area contributed by atoms with Crippen LogP contribution >= 0.6 is 0 Å². The van der Waals surface area contributed by atoms with E-state index in [-0.39, 0.29) is 23.2 Å². The molecule has 0 aromatic heterocycles. The van der Waals surface area contributed by atoms with Crippen LogP contribution in [0, 0.1) is 23.2 Å². The molecule has 21 heavy (non-hydrogen) atoms. The lowest BCUT2D eigenvalue weighted by atomic mass is 9.83. The number of ether oxygens (including phenoxy) is 2. The Balaban J connectivity index is 1.73. The standard InChI is InChI=1S/C17H23NO3/c1-4-5-6-14-16-12(10-18(14)15(19)20-2)9-11-7-8-13(16)17(11,16)21-3/h4,7-8,11-14H,1,5-6,9-10H2,2-3H3/t11-,12-,13-,14+,16+,17?/m1/s1. The van der Waals surface area contributed by atoms with Crippen LogP contribution in [0.4, 0.5) is 4.79 Å². The lowest BCUT2D eigenvalue weighted by Gasteiger charge is -2.30. The summed E-state index contributed by atoms with van der Waals surface area (Å²) in [6.07, 6.45) is 9.45. The number of methoxy groups -OCH3 is 2. The molecule has 0 aromatic carbocycles. The number of allylic oxidation sites excluding steroid dienone is 1. The van der Waals surface area contributed by atoms with E-state index in [1.54, 1.807) is 0 Å². The van der Waals surface area contributed by atoms with Gasteiger partial charge in [0.1, 0.15) is 0 Å². The summed E-state index contributed by atoms with van der Waals surface area (Å²) in [6, 6.07) is 0.216. The summed E-state index contributed by atoms with van der Waals surface area (Å²) in [5.74, 6) is 1.54. The average molecular weight is 289 g/mol. The number of nitrogens with zero attached hydrogens (tertiary/aromatic N) is 1. The number of hydrogen-bond donors (Lipinski definition) is 0. The first kappa shape index (κ1) is 13.4. The Morgan fingerprint density at radius 2 is 2.29 bits per heavy atom. The van der Waals surface area contributed by atoms with Crippen LogP contribution in [0.2, 0.25) is 0 Å². The van der Waals surface area contributed by atoms with Crippen LogP contribution in [0.5, 0.6) is 0 Å². The van der Waals surface area contributed by atoms with Crippen LogP contribution in [-0.2, 0) is 9.47 Å². The van der Waals surface area contributed by atoms with Crippen molar-refractivity contribution >= 4 is 6.09 Å². The Labute approximate surface area is 125 Å². The minimum atomic E-state index is -0.190. The maximum absolute atomic E-state index is 12.2. The molecule has 6 atom stereocenters. The first-order valence-electron chi connectivity index (χ1n) is 7.87. The number of hydrogen-bond acceptors (Lipinski definition) is 3. The zero-order valence-corrected chi connectivity index (χ0v) is 12.7. The highest BCUT2D eigenvalue weighted by atomic mass is 16.5. The van der Waals surface area contributed by atoms with Gasteiger partial charge in [-0.25, -0.2) is 4.79 Å². The summed E-state index contributed by atoms with van der Waals surface area (Å²) in [5.41, 5.74) is 0.0740. The van der Waals surface area contributed by atoms with E-state index in [1.165, 1.54) is 7.11 Å². The Hall–Kier alpha value is -1.29. The van der Waals surface area contributed by atoms with Crippen LogP contribution in [0.1, 0.15) is 19.3 Å². The number of carbonyl (C=O) groups excluding carboxylic acids is 1. The van der Waals surface area contributed by atoms with Crippen molar-refractivity contribution in [2.24, 2.45) is 23.2 Å². The molecule has 4 aliphatic rings. The molecule has 3 aliphatic carbocycles. The highest BCUT2D eigenvalue weighted by Crippen LogP contribution is 2.84. The molecule has 3 fully saturated rings. The third kappa shape index (κ3) is 1.21. The third-order valence-corrected chi connectivity index (χ3v) is 6.61. The number of likely N-dealkylation sites (tertiary alicyclic amines) is 1. The van der Waals surface area contributed by atoms with Crippen LogP contribution in [0.3, 0.4) is 0 Å². The minimum Gasteiger partial charge on any atom is -0.453 e. The summed E-state index contributed by atoms with van der Waals surface area (Å²) in [5, 5.41) is 0. The molecule has 4 heteroatoms. The molecule has 4 rings (SSSR count). The molecular weight excluding hydrogens is 266 g/mol. The zero-order valence-electron chi connectivity index (χ0n) is 12.7. The van der Waals surface area contributed by atoms with E-state index in [0.717, 1.165) is 25.8 Å². The van der Waals surface area contributed by atoms with Gasteiger partial charge in [0.2, 0.25) is 0 Å². The zero-order chi connectivity index (χ0) is 14.8. The molecule has 1 heterocycles. The predicted molar refractivity (Wildman–Crippen MR) is 78.7 cm³/mol. The Morgan fingerprint density at radius 3 is 2.90 bits per heavy atom. The van der Waals surface area contributed by atoms with Gasteiger partial charge in [0.05, 0.1) is 12.7 Å². The van der Waals surface area contributed by atoms with E-state index in [0.29, 0.717) is 17.8 Å². The molecule has 2 saturated carbocycles. The van der Waals surface area contributed by atoms with Gasteiger partial charge in [0.25, 0.3) is 0 Å². The van der Waals surface area contributed by atoms with E-state index in [2.05, 4.69) is 18.7 Å². The molecule has 4 nitrogen and oxygen atoms in total. The lowest BCUT2D eigenvalue weighted by Crippen LogP contribution is -2.42. The number of rotatable bonds is 4. The average Bonchev–Trinajstić information content (AvgIpc) is 2.69. The molecule has 1 saturated heterocycles. The van der Waals surface area contributed by atoms with Gasteiger partial charge in [-0.1, -0.05) is 18.2 Å². The van der Waals surface area contributed by atoms with Crippen molar-refractivity contribution in [2.45, 2.75) is 30.9 Å². The fourth-order valence-electron chi connectivity index (χ4n) is 6.15. The summed E-state index contributed by atoms with van der Waals surface area (Å²) in [7, 11) is 3.32. The highest BCUT2D eigenvalue weighted by Gasteiger charge is 2.91. The van der Waals surface area contributed by atoms with Gasteiger partial charge in [-0.15, -0.1) is 6.58 Å². The molecule has 0 aromatic rings. The second kappa shape index (κ2) is 4.13. The monoisotopic (exact) mass is 289 g/mol. The maximum atomic E-state index is 12.2. The molecular formula is C17H23NO3. The van der Waals surface area contributed by atoms with Crippen molar-refractivity contribution < 1.29 is 14.3 Å². The molecule has 1 amide bonds. The summed E-state index contributed by atoms with van der Waals surface area (Å²) >= 11 is 0. The minimum absolute atomic E-state index is 0.0493. The van der Waals surface area contributed by atoms with E-state index in [9.17, 15) is 4.79 Å². The SMILES string of the molecule is C=CCC[C@@H]1N(C(=O)OC)C[C@H]2C[C@H]3C=C[C@H]4C3(OC)[C@]214. The fourth-order valence-corrected chi connectivity index (χ4v) is 6.15. The van der Waals surface area contributed by atoms with Gasteiger partial charge >= 0.3 is 6.09 Å². The van der Waals surface area contributed by atoms with Crippen molar-refractivity contribution in [2.75, 3.05) is 20.8 Å². The predicted octanol–water partition coefficient (Wildman–Crippen LogP) is 2.61. The quantitative estimate of drug-likeness (QED) is 0.747. The van der Waals surface area contributed by atoms with Crippen molar-refractivity contribution in [3.8, 4) is 0 Å². The van der Waals surface area contributed by atoms with Gasteiger partial charge in [0, 0.05) is 36.9 Å². The fraction of sp³-hybridized carbons (Fsp3) is 0.706. The maximum Gasteiger partial charge on any atom is 0.409 e. The second-order valence-corrected chi connectivity index (χ2v) is 6.84. The summed E-state index contributed by atoms with van der Waals surface area (Å²) < 4.78 is 11.1. The topological polar surface area (TPSA) is 38.8 Å². The van der Waals surface area contributed by atoms with Crippen molar-refractivity contribution in [1.29, 1.82) is 0 Å². The van der Waals surface area contributed by atoms with Crippen molar-refractivity contribution in [1.82, 2.24) is 4.90 Å². The van der Waals surface area contributed by atoms with E-state index < -0.39 is 0 Å². The number of amides is 1. The Kier molecular flexibility index (Phi) is 2.63. The van der Waals surface area contributed by atoms with Crippen LogP contribution in [0.15, 0.2) is 24.8 Å². The Bertz CT molecular complexity index is 530. The van der Waals surface area contributed by atoms with Crippen LogP contribution in [0.25, 0.3) is 0 Å². The van der Waals surface area contributed by atoms with Gasteiger partial charge in [-0.05, 0) is 25.2 Å².